The van der Waals surface area contributed by atoms with Gasteiger partial charge < -0.3 is 19.5 Å². The predicted molar refractivity (Wildman–Crippen MR) is 112 cm³/mol. The van der Waals surface area contributed by atoms with Crippen LogP contribution in [-0.2, 0) is 27.2 Å². The van der Waals surface area contributed by atoms with Gasteiger partial charge in [0.05, 0.1) is 13.7 Å². The molecule has 1 N–H and O–H groups in total. The second-order valence-electron chi connectivity index (χ2n) is 6.95. The maximum absolute atomic E-state index is 12.5. The van der Waals surface area contributed by atoms with Crippen molar-refractivity contribution in [2.45, 2.75) is 38.4 Å². The molecule has 0 radical (unpaired) electrons. The van der Waals surface area contributed by atoms with Crippen molar-refractivity contribution in [2.24, 2.45) is 0 Å². The van der Waals surface area contributed by atoms with Gasteiger partial charge in [0.1, 0.15) is 6.04 Å². The Morgan fingerprint density at radius 3 is 2.38 bits per heavy atom. The van der Waals surface area contributed by atoms with Crippen LogP contribution in [0.1, 0.15) is 24.5 Å². The topological polar surface area (TPSA) is 73.9 Å². The number of nitrogens with one attached hydrogen (secondary N) is 1. The summed E-state index contributed by atoms with van der Waals surface area (Å²) in [6.07, 6.45) is -3.80. The van der Waals surface area contributed by atoms with E-state index in [1.807, 2.05) is 30.3 Å². The van der Waals surface area contributed by atoms with E-state index in [-0.39, 0.29) is 30.4 Å². The Balaban J connectivity index is 1.97. The average molecular weight is 453 g/mol. The predicted octanol–water partition coefficient (Wildman–Crippen LogP) is 3.86. The molecule has 0 aliphatic rings. The molecule has 2 rings (SSSR count). The fourth-order valence-electron chi connectivity index (χ4n) is 2.96. The zero-order valence-corrected chi connectivity index (χ0v) is 17.9. The SMILES string of the molecule is CCOC(=O)C(Cc1ccccc1)NC(=O)CCc1ccc(OCC(F)(F)F)c(OC)c1. The van der Waals surface area contributed by atoms with E-state index in [2.05, 4.69) is 5.32 Å². The summed E-state index contributed by atoms with van der Waals surface area (Å²) in [5.74, 6) is -0.767. The number of hydrogen-bond donors (Lipinski definition) is 1. The molecule has 0 aliphatic carbocycles. The number of rotatable bonds is 11. The molecule has 0 spiro atoms. The van der Waals surface area contributed by atoms with Crippen LogP contribution in [0, 0.1) is 0 Å². The summed E-state index contributed by atoms with van der Waals surface area (Å²) in [6, 6.07) is 12.9. The van der Waals surface area contributed by atoms with Gasteiger partial charge in [0, 0.05) is 12.8 Å². The van der Waals surface area contributed by atoms with Gasteiger partial charge in [-0.15, -0.1) is 0 Å². The Hall–Kier alpha value is -3.23. The molecule has 0 saturated heterocycles. The van der Waals surface area contributed by atoms with Gasteiger partial charge in [-0.1, -0.05) is 36.4 Å². The summed E-state index contributed by atoms with van der Waals surface area (Å²) < 4.78 is 52.0. The summed E-state index contributed by atoms with van der Waals surface area (Å²) in [4.78, 5) is 24.7. The maximum atomic E-state index is 12.5. The Bertz CT molecular complexity index is 887. The number of hydrogen-bond acceptors (Lipinski definition) is 5. The quantitative estimate of drug-likeness (QED) is 0.523. The minimum atomic E-state index is -4.46. The zero-order valence-electron chi connectivity index (χ0n) is 17.9. The molecule has 0 bridgehead atoms. The first-order valence-electron chi connectivity index (χ1n) is 10.1. The molecular weight excluding hydrogens is 427 g/mol. The van der Waals surface area contributed by atoms with Gasteiger partial charge in [0.25, 0.3) is 0 Å². The van der Waals surface area contributed by atoms with Gasteiger partial charge in [-0.05, 0) is 36.6 Å². The Morgan fingerprint density at radius 2 is 1.75 bits per heavy atom. The van der Waals surface area contributed by atoms with E-state index < -0.39 is 24.8 Å². The van der Waals surface area contributed by atoms with Crippen LogP contribution in [-0.4, -0.2) is 44.4 Å². The number of aryl methyl sites for hydroxylation is 1. The van der Waals surface area contributed by atoms with Gasteiger partial charge >= 0.3 is 12.1 Å². The maximum Gasteiger partial charge on any atom is 0.422 e. The number of carbonyl (C=O) groups excluding carboxylic acids is 2. The molecule has 2 aromatic rings. The van der Waals surface area contributed by atoms with Crippen LogP contribution >= 0.6 is 0 Å². The Labute approximate surface area is 184 Å². The first-order valence-corrected chi connectivity index (χ1v) is 10.1. The van der Waals surface area contributed by atoms with Crippen molar-refractivity contribution < 1.29 is 37.0 Å². The van der Waals surface area contributed by atoms with Crippen molar-refractivity contribution in [3.63, 3.8) is 0 Å². The first-order chi connectivity index (χ1) is 15.2. The highest BCUT2D eigenvalue weighted by atomic mass is 19.4. The van der Waals surface area contributed by atoms with E-state index in [9.17, 15) is 22.8 Å². The fraction of sp³-hybridized carbons (Fsp3) is 0.391. The van der Waals surface area contributed by atoms with Crippen LogP contribution in [0.5, 0.6) is 11.5 Å². The lowest BCUT2D eigenvalue weighted by molar-refractivity contribution is -0.153. The highest BCUT2D eigenvalue weighted by Crippen LogP contribution is 2.30. The van der Waals surface area contributed by atoms with E-state index in [0.29, 0.717) is 18.4 Å². The monoisotopic (exact) mass is 453 g/mol. The van der Waals surface area contributed by atoms with Gasteiger partial charge in [0.2, 0.25) is 5.91 Å². The van der Waals surface area contributed by atoms with Crippen molar-refractivity contribution in [3.05, 3.63) is 59.7 Å². The van der Waals surface area contributed by atoms with Crippen LogP contribution in [0.2, 0.25) is 0 Å². The summed E-state index contributed by atoms with van der Waals surface area (Å²) in [5, 5.41) is 2.70. The summed E-state index contributed by atoms with van der Waals surface area (Å²) in [6.45, 7) is 0.457. The number of ether oxygens (including phenoxy) is 3. The fourth-order valence-corrected chi connectivity index (χ4v) is 2.96. The van der Waals surface area contributed by atoms with Gasteiger partial charge in [-0.3, -0.25) is 4.79 Å². The minimum Gasteiger partial charge on any atom is -0.493 e. The number of halogens is 3. The van der Waals surface area contributed by atoms with Crippen LogP contribution in [0.25, 0.3) is 0 Å². The molecule has 2 aromatic carbocycles. The van der Waals surface area contributed by atoms with Gasteiger partial charge in [-0.25, -0.2) is 4.79 Å². The highest BCUT2D eigenvalue weighted by molar-refractivity contribution is 5.84. The second kappa shape index (κ2) is 12.0. The third-order valence-corrected chi connectivity index (χ3v) is 4.45. The molecule has 9 heteroatoms. The molecule has 1 amide bonds. The summed E-state index contributed by atoms with van der Waals surface area (Å²) >= 11 is 0. The summed E-state index contributed by atoms with van der Waals surface area (Å²) in [7, 11) is 1.32. The van der Waals surface area contributed by atoms with Crippen molar-refractivity contribution in [2.75, 3.05) is 20.3 Å². The highest BCUT2D eigenvalue weighted by Gasteiger charge is 2.29. The molecule has 0 heterocycles. The molecule has 0 aliphatic heterocycles. The Kier molecular flexibility index (Phi) is 9.37. The summed E-state index contributed by atoms with van der Waals surface area (Å²) in [5.41, 5.74) is 1.55. The first kappa shape index (κ1) is 25.0. The standard InChI is InChI=1S/C23H26F3NO5/c1-3-31-22(29)18(13-16-7-5-4-6-8-16)27-21(28)12-10-17-9-11-19(20(14-17)30-2)32-15-23(24,25)26/h4-9,11,14,18H,3,10,12-13,15H2,1-2H3,(H,27,28). The third kappa shape index (κ3) is 8.49. The van der Waals surface area contributed by atoms with E-state index in [4.69, 9.17) is 14.2 Å². The minimum absolute atomic E-state index is 0.0386. The number of amides is 1. The molecule has 0 aromatic heterocycles. The van der Waals surface area contributed by atoms with Crippen molar-refractivity contribution in [1.29, 1.82) is 0 Å². The molecule has 6 nitrogen and oxygen atoms in total. The molecule has 1 atom stereocenters. The largest absolute Gasteiger partial charge is 0.493 e. The van der Waals surface area contributed by atoms with Crippen LogP contribution in [0.15, 0.2) is 48.5 Å². The van der Waals surface area contributed by atoms with E-state index in [1.165, 1.54) is 19.2 Å². The average Bonchev–Trinajstić information content (AvgIpc) is 2.76. The third-order valence-electron chi connectivity index (χ3n) is 4.45. The van der Waals surface area contributed by atoms with Crippen LogP contribution < -0.4 is 14.8 Å². The molecule has 1 unspecified atom stereocenters. The lowest BCUT2D eigenvalue weighted by atomic mass is 10.0. The number of carbonyl (C=O) groups is 2. The lowest BCUT2D eigenvalue weighted by Gasteiger charge is -2.18. The zero-order chi connectivity index (χ0) is 23.6. The van der Waals surface area contributed by atoms with E-state index >= 15 is 0 Å². The number of alkyl halides is 3. The van der Waals surface area contributed by atoms with Gasteiger partial charge in [0.15, 0.2) is 18.1 Å². The van der Waals surface area contributed by atoms with E-state index in [1.54, 1.807) is 13.0 Å². The second-order valence-corrected chi connectivity index (χ2v) is 6.95. The molecule has 0 fully saturated rings. The smallest absolute Gasteiger partial charge is 0.422 e. The van der Waals surface area contributed by atoms with Crippen molar-refractivity contribution >= 4 is 11.9 Å². The normalized spacial score (nSPS) is 12.0. The van der Waals surface area contributed by atoms with Crippen LogP contribution in [0.3, 0.4) is 0 Å². The lowest BCUT2D eigenvalue weighted by Crippen LogP contribution is -2.43. The number of benzene rings is 2. The number of esters is 1. The van der Waals surface area contributed by atoms with E-state index in [0.717, 1.165) is 5.56 Å². The van der Waals surface area contributed by atoms with Crippen molar-refractivity contribution in [1.82, 2.24) is 5.32 Å². The molecule has 174 valence electrons. The molecular formula is C23H26F3NO5. The van der Waals surface area contributed by atoms with Crippen LogP contribution in [0.4, 0.5) is 13.2 Å². The Morgan fingerprint density at radius 1 is 1.03 bits per heavy atom. The van der Waals surface area contributed by atoms with Crippen molar-refractivity contribution in [3.8, 4) is 11.5 Å². The van der Waals surface area contributed by atoms with Gasteiger partial charge in [-0.2, -0.15) is 13.2 Å². The number of methoxy groups -OCH3 is 1. The molecule has 32 heavy (non-hydrogen) atoms. The molecule has 0 saturated carbocycles.